The van der Waals surface area contributed by atoms with Crippen molar-refractivity contribution in [3.63, 3.8) is 0 Å². The highest BCUT2D eigenvalue weighted by Crippen LogP contribution is 2.20. The molecule has 1 rings (SSSR count). The van der Waals surface area contributed by atoms with Crippen molar-refractivity contribution in [2.75, 3.05) is 24.6 Å². The van der Waals surface area contributed by atoms with E-state index in [1.54, 1.807) is 0 Å². The van der Waals surface area contributed by atoms with Gasteiger partial charge < -0.3 is 10.0 Å². The number of anilines is 1. The lowest BCUT2D eigenvalue weighted by Crippen LogP contribution is -2.27. The average molecular weight is 193 g/mol. The van der Waals surface area contributed by atoms with Crippen molar-refractivity contribution in [1.82, 2.24) is 0 Å². The maximum Gasteiger partial charge on any atom is 0.0606 e. The molecule has 2 heteroatoms. The molecular weight excluding hydrogens is 174 g/mol. The molecule has 1 N–H and O–H groups in total. The summed E-state index contributed by atoms with van der Waals surface area (Å²) in [4.78, 5) is 2.21. The first-order chi connectivity index (χ1) is 6.83. The predicted molar refractivity (Wildman–Crippen MR) is 60.8 cm³/mol. The Labute approximate surface area is 86.2 Å². The number of aliphatic hydroxyl groups excluding tert-OH is 1. The lowest BCUT2D eigenvalue weighted by atomic mass is 10.1. The topological polar surface area (TPSA) is 23.5 Å². The van der Waals surface area contributed by atoms with Crippen molar-refractivity contribution >= 4 is 5.69 Å². The van der Waals surface area contributed by atoms with Gasteiger partial charge in [-0.25, -0.2) is 0 Å². The van der Waals surface area contributed by atoms with Gasteiger partial charge in [0.15, 0.2) is 0 Å². The third kappa shape index (κ3) is 2.48. The van der Waals surface area contributed by atoms with Gasteiger partial charge in [-0.2, -0.15) is 0 Å². The van der Waals surface area contributed by atoms with Crippen molar-refractivity contribution in [3.05, 3.63) is 29.8 Å². The van der Waals surface area contributed by atoms with E-state index < -0.39 is 0 Å². The van der Waals surface area contributed by atoms with Crippen LogP contribution in [-0.4, -0.2) is 24.8 Å². The molecule has 14 heavy (non-hydrogen) atoms. The summed E-state index contributed by atoms with van der Waals surface area (Å²) in [5.41, 5.74) is 2.61. The van der Waals surface area contributed by atoms with Crippen LogP contribution in [0.1, 0.15) is 19.4 Å². The second-order valence-corrected chi connectivity index (χ2v) is 3.29. The maximum atomic E-state index is 8.95. The number of aliphatic hydroxyl groups is 1. The Hall–Kier alpha value is -1.02. The molecule has 0 aliphatic rings. The fourth-order valence-electron chi connectivity index (χ4n) is 1.69. The summed E-state index contributed by atoms with van der Waals surface area (Å²) < 4.78 is 0. The van der Waals surface area contributed by atoms with E-state index >= 15 is 0 Å². The van der Waals surface area contributed by atoms with Gasteiger partial charge >= 0.3 is 0 Å². The van der Waals surface area contributed by atoms with Crippen LogP contribution >= 0.6 is 0 Å². The van der Waals surface area contributed by atoms with Crippen LogP contribution in [0.15, 0.2) is 24.3 Å². The molecule has 0 aliphatic carbocycles. The van der Waals surface area contributed by atoms with Crippen LogP contribution in [0.3, 0.4) is 0 Å². The Morgan fingerprint density at radius 1 is 1.21 bits per heavy atom. The minimum Gasteiger partial charge on any atom is -0.395 e. The monoisotopic (exact) mass is 193 g/mol. The smallest absolute Gasteiger partial charge is 0.0606 e. The van der Waals surface area contributed by atoms with Crippen molar-refractivity contribution in [2.24, 2.45) is 0 Å². The number of benzene rings is 1. The fraction of sp³-hybridized carbons (Fsp3) is 0.500. The van der Waals surface area contributed by atoms with Crippen molar-refractivity contribution < 1.29 is 5.11 Å². The fourth-order valence-corrected chi connectivity index (χ4v) is 1.69. The molecule has 0 aromatic heterocycles. The maximum absolute atomic E-state index is 8.95. The van der Waals surface area contributed by atoms with Gasteiger partial charge in [0.05, 0.1) is 6.61 Å². The van der Waals surface area contributed by atoms with Crippen molar-refractivity contribution in [3.8, 4) is 0 Å². The van der Waals surface area contributed by atoms with Gasteiger partial charge in [-0.1, -0.05) is 25.1 Å². The van der Waals surface area contributed by atoms with Crippen LogP contribution in [0.25, 0.3) is 0 Å². The quantitative estimate of drug-likeness (QED) is 0.773. The lowest BCUT2D eigenvalue weighted by molar-refractivity contribution is 0.302. The molecule has 0 bridgehead atoms. The Bertz CT molecular complexity index is 273. The second-order valence-electron chi connectivity index (χ2n) is 3.29. The van der Waals surface area contributed by atoms with Crippen molar-refractivity contribution in [1.29, 1.82) is 0 Å². The molecule has 1 aromatic carbocycles. The number of rotatable bonds is 5. The van der Waals surface area contributed by atoms with Crippen molar-refractivity contribution in [2.45, 2.75) is 20.3 Å². The van der Waals surface area contributed by atoms with E-state index in [1.807, 2.05) is 0 Å². The van der Waals surface area contributed by atoms with Crippen LogP contribution in [0, 0.1) is 0 Å². The summed E-state index contributed by atoms with van der Waals surface area (Å²) in [5, 5.41) is 8.95. The highest BCUT2D eigenvalue weighted by Gasteiger charge is 2.06. The van der Waals surface area contributed by atoms with Gasteiger partial charge in [0.1, 0.15) is 0 Å². The normalized spacial score (nSPS) is 10.2. The zero-order chi connectivity index (χ0) is 10.4. The van der Waals surface area contributed by atoms with Crippen LogP contribution in [0.2, 0.25) is 0 Å². The zero-order valence-electron chi connectivity index (χ0n) is 9.03. The summed E-state index contributed by atoms with van der Waals surface area (Å²) in [5.74, 6) is 0. The van der Waals surface area contributed by atoms with Crippen LogP contribution < -0.4 is 4.90 Å². The molecule has 2 nitrogen and oxygen atoms in total. The third-order valence-electron chi connectivity index (χ3n) is 2.46. The predicted octanol–water partition coefficient (Wildman–Crippen LogP) is 2.07. The first kappa shape index (κ1) is 11.1. The zero-order valence-corrected chi connectivity index (χ0v) is 9.03. The molecule has 0 unspecified atom stereocenters. The summed E-state index contributed by atoms with van der Waals surface area (Å²) >= 11 is 0. The van der Waals surface area contributed by atoms with Crippen LogP contribution in [0.4, 0.5) is 5.69 Å². The Morgan fingerprint density at radius 2 is 1.93 bits per heavy atom. The van der Waals surface area contributed by atoms with E-state index in [1.165, 1.54) is 11.3 Å². The second kappa shape index (κ2) is 5.66. The average Bonchev–Trinajstić information content (AvgIpc) is 2.26. The minimum atomic E-state index is 0.214. The molecule has 0 aliphatic heterocycles. The first-order valence-electron chi connectivity index (χ1n) is 5.27. The molecule has 78 valence electrons. The molecule has 0 heterocycles. The summed E-state index contributed by atoms with van der Waals surface area (Å²) in [6.07, 6.45) is 1.04. The molecular formula is C12H19NO. The van der Waals surface area contributed by atoms with E-state index in [0.717, 1.165) is 13.0 Å². The Balaban J connectivity index is 2.90. The number of likely N-dealkylation sites (N-methyl/N-ethyl adjacent to an activating group) is 1. The lowest BCUT2D eigenvalue weighted by Gasteiger charge is -2.24. The molecule has 0 radical (unpaired) electrons. The summed E-state index contributed by atoms with van der Waals surface area (Å²) in [6, 6.07) is 8.39. The number of hydrogen-bond acceptors (Lipinski definition) is 2. The largest absolute Gasteiger partial charge is 0.395 e. The van der Waals surface area contributed by atoms with Gasteiger partial charge in [0.2, 0.25) is 0 Å². The van der Waals surface area contributed by atoms with E-state index in [4.69, 9.17) is 5.11 Å². The van der Waals surface area contributed by atoms with E-state index in [0.29, 0.717) is 6.54 Å². The van der Waals surface area contributed by atoms with Gasteiger partial charge in [-0.3, -0.25) is 0 Å². The molecule has 0 spiro atoms. The van der Waals surface area contributed by atoms with E-state index in [9.17, 15) is 0 Å². The number of nitrogens with zero attached hydrogens (tertiary/aromatic N) is 1. The molecule has 0 saturated heterocycles. The third-order valence-corrected chi connectivity index (χ3v) is 2.46. The van der Waals surface area contributed by atoms with Gasteiger partial charge in [0, 0.05) is 18.8 Å². The molecule has 0 fully saturated rings. The first-order valence-corrected chi connectivity index (χ1v) is 5.27. The van der Waals surface area contributed by atoms with Gasteiger partial charge in [-0.15, -0.1) is 0 Å². The van der Waals surface area contributed by atoms with E-state index in [2.05, 4.69) is 43.0 Å². The summed E-state index contributed by atoms with van der Waals surface area (Å²) in [6.45, 7) is 6.14. The minimum absolute atomic E-state index is 0.214. The van der Waals surface area contributed by atoms with E-state index in [-0.39, 0.29) is 6.61 Å². The molecule has 0 amide bonds. The number of hydrogen-bond donors (Lipinski definition) is 1. The number of para-hydroxylation sites is 1. The van der Waals surface area contributed by atoms with Gasteiger partial charge in [-0.05, 0) is 25.0 Å². The highest BCUT2D eigenvalue weighted by molar-refractivity contribution is 5.53. The highest BCUT2D eigenvalue weighted by atomic mass is 16.3. The van der Waals surface area contributed by atoms with Gasteiger partial charge in [0.25, 0.3) is 0 Å². The van der Waals surface area contributed by atoms with Crippen LogP contribution in [-0.2, 0) is 6.42 Å². The van der Waals surface area contributed by atoms with Crippen LogP contribution in [0.5, 0.6) is 0 Å². The SMILES string of the molecule is CCc1ccccc1N(CC)CCO. The molecule has 0 atom stereocenters. The Kier molecular flexibility index (Phi) is 4.47. The Morgan fingerprint density at radius 3 is 2.50 bits per heavy atom. The number of aryl methyl sites for hydroxylation is 1. The summed E-state index contributed by atoms with van der Waals surface area (Å²) in [7, 11) is 0. The molecule has 1 aromatic rings. The molecule has 0 saturated carbocycles. The standard InChI is InChI=1S/C12H19NO/c1-3-11-7-5-6-8-12(11)13(4-2)9-10-14/h5-8,14H,3-4,9-10H2,1-2H3.